The molecule has 1 aromatic carbocycles. The third-order valence-electron chi connectivity index (χ3n) is 5.04. The van der Waals surface area contributed by atoms with Crippen LogP contribution >= 0.6 is 0 Å². The molecule has 0 bridgehead atoms. The van der Waals surface area contributed by atoms with Gasteiger partial charge in [0.2, 0.25) is 0 Å². The first kappa shape index (κ1) is 18.0. The van der Waals surface area contributed by atoms with Gasteiger partial charge in [-0.3, -0.25) is 19.6 Å². The molecule has 7 nitrogen and oxygen atoms in total. The number of likely N-dealkylation sites (tertiary alicyclic amines) is 1. The molecule has 0 atom stereocenters. The highest BCUT2D eigenvalue weighted by Crippen LogP contribution is 2.18. The lowest BCUT2D eigenvalue weighted by Gasteiger charge is -2.32. The fraction of sp³-hybridized carbons (Fsp3) is 0.286. The Bertz CT molecular complexity index is 984. The molecular formula is C21H21N5O2. The van der Waals surface area contributed by atoms with E-state index in [0.29, 0.717) is 42.3 Å². The number of carbonyl (C=O) groups excluding carboxylic acids is 2. The highest BCUT2D eigenvalue weighted by molar-refractivity contribution is 5.94. The Morgan fingerprint density at radius 2 is 1.82 bits per heavy atom. The van der Waals surface area contributed by atoms with E-state index in [1.807, 2.05) is 29.2 Å². The van der Waals surface area contributed by atoms with E-state index >= 15 is 0 Å². The Hall–Kier alpha value is -3.35. The van der Waals surface area contributed by atoms with Crippen molar-refractivity contribution in [2.45, 2.75) is 12.8 Å². The molecule has 142 valence electrons. The average Bonchev–Trinajstić information content (AvgIpc) is 2.77. The van der Waals surface area contributed by atoms with Gasteiger partial charge in [0.1, 0.15) is 5.69 Å². The molecule has 2 amide bonds. The van der Waals surface area contributed by atoms with Crippen molar-refractivity contribution in [3.05, 3.63) is 66.2 Å². The van der Waals surface area contributed by atoms with Crippen molar-refractivity contribution in [3.8, 4) is 0 Å². The molecule has 0 unspecified atom stereocenters. The quantitative estimate of drug-likeness (QED) is 0.756. The van der Waals surface area contributed by atoms with Gasteiger partial charge in [-0.1, -0.05) is 12.1 Å². The van der Waals surface area contributed by atoms with Gasteiger partial charge >= 0.3 is 0 Å². The van der Waals surface area contributed by atoms with E-state index in [9.17, 15) is 9.59 Å². The molecular weight excluding hydrogens is 354 g/mol. The van der Waals surface area contributed by atoms with E-state index in [1.165, 1.54) is 6.20 Å². The number of hydrogen-bond donors (Lipinski definition) is 1. The third-order valence-corrected chi connectivity index (χ3v) is 5.04. The number of nitrogens with zero attached hydrogens (tertiary/aromatic N) is 4. The number of carbonyl (C=O) groups is 2. The molecule has 7 heteroatoms. The zero-order chi connectivity index (χ0) is 19.3. The van der Waals surface area contributed by atoms with Gasteiger partial charge in [-0.2, -0.15) is 0 Å². The molecule has 1 N–H and O–H groups in total. The molecule has 0 aliphatic carbocycles. The van der Waals surface area contributed by atoms with Gasteiger partial charge < -0.3 is 10.2 Å². The first-order valence-corrected chi connectivity index (χ1v) is 9.40. The number of piperidine rings is 1. The van der Waals surface area contributed by atoms with Crippen LogP contribution in [0.25, 0.3) is 11.0 Å². The van der Waals surface area contributed by atoms with Crippen LogP contribution in [0.15, 0.2) is 55.0 Å². The summed E-state index contributed by atoms with van der Waals surface area (Å²) >= 11 is 0. The Balaban J connectivity index is 1.29. The summed E-state index contributed by atoms with van der Waals surface area (Å²) in [5.41, 5.74) is 2.41. The lowest BCUT2D eigenvalue weighted by molar-refractivity contribution is 0.0683. The van der Waals surface area contributed by atoms with E-state index in [2.05, 4.69) is 20.3 Å². The second-order valence-electron chi connectivity index (χ2n) is 6.93. The van der Waals surface area contributed by atoms with Gasteiger partial charge in [0.25, 0.3) is 11.8 Å². The van der Waals surface area contributed by atoms with E-state index in [1.54, 1.807) is 24.5 Å². The first-order valence-electron chi connectivity index (χ1n) is 9.40. The molecule has 1 saturated heterocycles. The summed E-state index contributed by atoms with van der Waals surface area (Å²) in [6.45, 7) is 1.94. The lowest BCUT2D eigenvalue weighted by Crippen LogP contribution is -2.41. The first-order chi connectivity index (χ1) is 13.7. The summed E-state index contributed by atoms with van der Waals surface area (Å²) in [7, 11) is 0. The van der Waals surface area contributed by atoms with Crippen LogP contribution in [0.2, 0.25) is 0 Å². The van der Waals surface area contributed by atoms with Crippen molar-refractivity contribution in [3.63, 3.8) is 0 Å². The topological polar surface area (TPSA) is 88.1 Å². The predicted molar refractivity (Wildman–Crippen MR) is 105 cm³/mol. The van der Waals surface area contributed by atoms with Crippen molar-refractivity contribution >= 4 is 22.8 Å². The molecule has 3 aromatic rings. The monoisotopic (exact) mass is 375 g/mol. The van der Waals surface area contributed by atoms with Crippen LogP contribution in [-0.2, 0) is 0 Å². The normalized spacial score (nSPS) is 14.8. The molecule has 1 fully saturated rings. The molecule has 1 aliphatic heterocycles. The Morgan fingerprint density at radius 1 is 1.04 bits per heavy atom. The summed E-state index contributed by atoms with van der Waals surface area (Å²) in [4.78, 5) is 39.4. The van der Waals surface area contributed by atoms with Crippen LogP contribution in [0.3, 0.4) is 0 Å². The van der Waals surface area contributed by atoms with Crippen LogP contribution < -0.4 is 5.32 Å². The highest BCUT2D eigenvalue weighted by atomic mass is 16.2. The Labute approximate surface area is 162 Å². The van der Waals surface area contributed by atoms with Crippen molar-refractivity contribution in [1.82, 2.24) is 25.2 Å². The lowest BCUT2D eigenvalue weighted by atomic mass is 9.96. The Kier molecular flexibility index (Phi) is 5.23. The van der Waals surface area contributed by atoms with Crippen molar-refractivity contribution in [2.75, 3.05) is 19.6 Å². The molecule has 1 aliphatic rings. The number of amides is 2. The van der Waals surface area contributed by atoms with Crippen LogP contribution in [0.4, 0.5) is 0 Å². The maximum Gasteiger partial charge on any atom is 0.271 e. The smallest absolute Gasteiger partial charge is 0.271 e. The van der Waals surface area contributed by atoms with Crippen molar-refractivity contribution in [2.24, 2.45) is 5.92 Å². The molecule has 2 aromatic heterocycles. The van der Waals surface area contributed by atoms with Gasteiger partial charge in [0, 0.05) is 32.0 Å². The summed E-state index contributed by atoms with van der Waals surface area (Å²) < 4.78 is 0. The molecule has 28 heavy (non-hydrogen) atoms. The predicted octanol–water partition coefficient (Wildman–Crippen LogP) is 2.31. The maximum atomic E-state index is 12.5. The minimum atomic E-state index is -0.216. The van der Waals surface area contributed by atoms with Gasteiger partial charge in [0.05, 0.1) is 22.8 Å². The van der Waals surface area contributed by atoms with Gasteiger partial charge in [0.15, 0.2) is 0 Å². The Morgan fingerprint density at radius 3 is 2.57 bits per heavy atom. The number of benzene rings is 1. The number of aromatic nitrogens is 3. The van der Waals surface area contributed by atoms with Crippen LogP contribution in [0.5, 0.6) is 0 Å². The molecule has 0 saturated carbocycles. The van der Waals surface area contributed by atoms with Gasteiger partial charge in [-0.25, -0.2) is 4.98 Å². The summed E-state index contributed by atoms with van der Waals surface area (Å²) in [5, 5.41) is 2.95. The summed E-state index contributed by atoms with van der Waals surface area (Å²) in [6, 6.07) is 11.0. The minimum Gasteiger partial charge on any atom is -0.350 e. The zero-order valence-corrected chi connectivity index (χ0v) is 15.4. The fourth-order valence-corrected chi connectivity index (χ4v) is 3.41. The average molecular weight is 375 g/mol. The van der Waals surface area contributed by atoms with Crippen molar-refractivity contribution in [1.29, 1.82) is 0 Å². The van der Waals surface area contributed by atoms with E-state index < -0.39 is 0 Å². The zero-order valence-electron chi connectivity index (χ0n) is 15.4. The molecule has 0 spiro atoms. The second-order valence-corrected chi connectivity index (χ2v) is 6.93. The van der Waals surface area contributed by atoms with Crippen LogP contribution in [0, 0.1) is 5.92 Å². The van der Waals surface area contributed by atoms with E-state index in [-0.39, 0.29) is 11.8 Å². The molecule has 3 heterocycles. The van der Waals surface area contributed by atoms with Gasteiger partial charge in [-0.15, -0.1) is 0 Å². The molecule has 0 radical (unpaired) electrons. The second kappa shape index (κ2) is 8.12. The molecule has 4 rings (SSSR count). The fourth-order valence-electron chi connectivity index (χ4n) is 3.41. The number of fused-ring (bicyclic) bond motifs is 1. The number of rotatable bonds is 4. The van der Waals surface area contributed by atoms with Crippen LogP contribution in [0.1, 0.15) is 33.7 Å². The number of para-hydroxylation sites is 2. The summed E-state index contributed by atoms with van der Waals surface area (Å²) in [5.74, 6) is 0.143. The van der Waals surface area contributed by atoms with Crippen molar-refractivity contribution < 1.29 is 9.59 Å². The van der Waals surface area contributed by atoms with Gasteiger partial charge in [-0.05, 0) is 43.0 Å². The largest absolute Gasteiger partial charge is 0.350 e. The van der Waals surface area contributed by atoms with Crippen LogP contribution in [-0.4, -0.2) is 51.3 Å². The highest BCUT2D eigenvalue weighted by Gasteiger charge is 2.24. The SMILES string of the molecule is O=C(NCC1CCN(C(=O)c2cccnc2)CC1)c1cnc2ccccc2n1. The number of nitrogens with one attached hydrogen (secondary N) is 1. The number of hydrogen-bond acceptors (Lipinski definition) is 5. The standard InChI is InChI=1S/C21H21N5O2/c27-20(19-14-23-17-5-1-2-6-18(17)25-19)24-12-15-7-10-26(11-8-15)21(28)16-4-3-9-22-13-16/h1-6,9,13-15H,7-8,10-12H2,(H,24,27). The third kappa shape index (κ3) is 3.98. The van der Waals surface area contributed by atoms with E-state index in [0.717, 1.165) is 18.4 Å². The minimum absolute atomic E-state index is 0.0158. The summed E-state index contributed by atoms with van der Waals surface area (Å²) in [6.07, 6.45) is 6.48. The number of pyridine rings is 1. The van der Waals surface area contributed by atoms with E-state index in [4.69, 9.17) is 0 Å². The maximum absolute atomic E-state index is 12.5.